The summed E-state index contributed by atoms with van der Waals surface area (Å²) >= 11 is 0. The lowest BCUT2D eigenvalue weighted by molar-refractivity contribution is -0.136. The summed E-state index contributed by atoms with van der Waals surface area (Å²) in [5, 5.41) is 5.18. The van der Waals surface area contributed by atoms with Crippen LogP contribution in [0.3, 0.4) is 0 Å². The number of rotatable bonds is 8. The molecule has 0 aliphatic carbocycles. The second-order valence-electron chi connectivity index (χ2n) is 11.0. The number of alkyl carbamates (subject to hydrolysis) is 2. The van der Waals surface area contributed by atoms with E-state index in [4.69, 9.17) is 28.4 Å². The zero-order valence-electron chi connectivity index (χ0n) is 27.8. The van der Waals surface area contributed by atoms with Gasteiger partial charge in [0.05, 0.1) is 52.9 Å². The Morgan fingerprint density at radius 3 is 1.19 bits per heavy atom. The molecule has 1 aliphatic heterocycles. The minimum absolute atomic E-state index is 0.0970. The second-order valence-corrected chi connectivity index (χ2v) is 11.0. The highest BCUT2D eigenvalue weighted by atomic mass is 16.6. The van der Waals surface area contributed by atoms with Gasteiger partial charge in [-0.3, -0.25) is 9.59 Å². The average Bonchev–Trinajstić information content (AvgIpc) is 3.10. The first-order valence-electron chi connectivity index (χ1n) is 16.2. The summed E-state index contributed by atoms with van der Waals surface area (Å²) in [6.45, 7) is 6.63. The van der Waals surface area contributed by atoms with E-state index in [-0.39, 0.29) is 104 Å². The van der Waals surface area contributed by atoms with Crippen LogP contribution in [-0.2, 0) is 51.2 Å². The van der Waals surface area contributed by atoms with Gasteiger partial charge in [-0.05, 0) is 25.0 Å². The number of carbonyl (C=O) groups is 4. The van der Waals surface area contributed by atoms with E-state index in [1.807, 2.05) is 60.7 Å². The van der Waals surface area contributed by atoms with E-state index < -0.39 is 24.3 Å². The van der Waals surface area contributed by atoms with Gasteiger partial charge >= 0.3 is 12.2 Å². The molecule has 0 aromatic heterocycles. The molecule has 1 saturated heterocycles. The number of nitrogens with one attached hydrogen (secondary N) is 2. The van der Waals surface area contributed by atoms with Crippen molar-refractivity contribution < 1.29 is 47.6 Å². The lowest BCUT2D eigenvalue weighted by atomic mass is 10.2. The van der Waals surface area contributed by atoms with Crippen LogP contribution in [0.2, 0.25) is 0 Å². The van der Waals surface area contributed by atoms with Crippen LogP contribution in [0.5, 0.6) is 0 Å². The Balaban J connectivity index is 1.41. The standard InChI is InChI=1S/C34H48N4O10/c1-27(35-33(41)47-25-29-9-5-3-6-10-29)31(39)37-13-17-43-21-23-45-19-15-38(16-20-46-24-22-44-18-14-37)32(40)28(2)36-34(42)48-26-30-11-7-4-8-12-30/h3-12,27-28H,13-26H2,1-2H3,(H,35,41)(H,36,42)/t27-,28-/m0/s1. The average molecular weight is 673 g/mol. The van der Waals surface area contributed by atoms with Gasteiger partial charge in [0.1, 0.15) is 25.3 Å². The van der Waals surface area contributed by atoms with Crippen molar-refractivity contribution in [2.24, 2.45) is 0 Å². The molecule has 2 aromatic carbocycles. The summed E-state index contributed by atoms with van der Waals surface area (Å²) in [6.07, 6.45) is -1.37. The first kappa shape index (κ1) is 38.2. The van der Waals surface area contributed by atoms with Crippen LogP contribution in [0, 0.1) is 0 Å². The number of ether oxygens (including phenoxy) is 6. The van der Waals surface area contributed by atoms with Crippen LogP contribution in [-0.4, -0.2) is 125 Å². The molecule has 1 heterocycles. The predicted molar refractivity (Wildman–Crippen MR) is 175 cm³/mol. The van der Waals surface area contributed by atoms with Crippen molar-refractivity contribution >= 4 is 24.0 Å². The molecule has 0 bridgehead atoms. The minimum atomic E-state index is -0.818. The van der Waals surface area contributed by atoms with E-state index in [1.165, 1.54) is 0 Å². The normalized spacial score (nSPS) is 17.1. The van der Waals surface area contributed by atoms with Crippen LogP contribution >= 0.6 is 0 Å². The molecular formula is C34H48N4O10. The first-order chi connectivity index (χ1) is 23.3. The molecule has 264 valence electrons. The van der Waals surface area contributed by atoms with Gasteiger partial charge < -0.3 is 48.9 Å². The Labute approximate surface area is 281 Å². The molecule has 1 fully saturated rings. The van der Waals surface area contributed by atoms with E-state index in [0.29, 0.717) is 0 Å². The minimum Gasteiger partial charge on any atom is -0.445 e. The van der Waals surface area contributed by atoms with E-state index in [2.05, 4.69) is 10.6 Å². The lowest BCUT2D eigenvalue weighted by Crippen LogP contribution is -2.49. The zero-order valence-corrected chi connectivity index (χ0v) is 27.8. The van der Waals surface area contributed by atoms with Crippen molar-refractivity contribution in [1.82, 2.24) is 20.4 Å². The lowest BCUT2D eigenvalue weighted by Gasteiger charge is -2.27. The smallest absolute Gasteiger partial charge is 0.408 e. The molecule has 0 unspecified atom stereocenters. The number of hydrogen-bond acceptors (Lipinski definition) is 10. The molecule has 4 amide bonds. The molecule has 0 saturated carbocycles. The molecule has 2 aromatic rings. The maximum Gasteiger partial charge on any atom is 0.408 e. The van der Waals surface area contributed by atoms with Crippen molar-refractivity contribution in [3.05, 3.63) is 71.8 Å². The van der Waals surface area contributed by atoms with Crippen LogP contribution in [0.25, 0.3) is 0 Å². The monoisotopic (exact) mass is 672 g/mol. The highest BCUT2D eigenvalue weighted by Gasteiger charge is 2.24. The van der Waals surface area contributed by atoms with Gasteiger partial charge in [0.25, 0.3) is 0 Å². The molecule has 2 N–H and O–H groups in total. The fourth-order valence-electron chi connectivity index (χ4n) is 4.56. The largest absolute Gasteiger partial charge is 0.445 e. The first-order valence-corrected chi connectivity index (χ1v) is 16.2. The maximum atomic E-state index is 13.1. The Bertz CT molecular complexity index is 1120. The predicted octanol–water partition coefficient (Wildman–Crippen LogP) is 2.35. The van der Waals surface area contributed by atoms with Crippen LogP contribution in [0.15, 0.2) is 60.7 Å². The molecule has 14 heteroatoms. The third-order valence-electron chi connectivity index (χ3n) is 7.22. The molecular weight excluding hydrogens is 624 g/mol. The highest BCUT2D eigenvalue weighted by molar-refractivity contribution is 5.86. The third kappa shape index (κ3) is 15.1. The maximum absolute atomic E-state index is 13.1. The molecule has 48 heavy (non-hydrogen) atoms. The molecule has 3 rings (SSSR count). The molecule has 0 radical (unpaired) electrons. The van der Waals surface area contributed by atoms with Gasteiger partial charge in [0.15, 0.2) is 0 Å². The fourth-order valence-corrected chi connectivity index (χ4v) is 4.56. The van der Waals surface area contributed by atoms with Crippen molar-refractivity contribution in [3.63, 3.8) is 0 Å². The van der Waals surface area contributed by atoms with E-state index in [9.17, 15) is 19.2 Å². The second kappa shape index (κ2) is 22.4. The van der Waals surface area contributed by atoms with Gasteiger partial charge in [-0.15, -0.1) is 0 Å². The SMILES string of the molecule is C[C@H](NC(=O)OCc1ccccc1)C(=O)N1CCOCCOCCN(C(=O)[C@H](C)NC(=O)OCc2ccccc2)CCOCCOCC1. The molecule has 1 aliphatic rings. The number of carbonyl (C=O) groups excluding carboxylic acids is 4. The molecule has 0 spiro atoms. The van der Waals surface area contributed by atoms with Gasteiger partial charge in [0.2, 0.25) is 11.8 Å². The summed E-state index contributed by atoms with van der Waals surface area (Å²) < 4.78 is 33.2. The van der Waals surface area contributed by atoms with Gasteiger partial charge in [-0.25, -0.2) is 9.59 Å². The van der Waals surface area contributed by atoms with E-state index in [1.54, 1.807) is 23.6 Å². The summed E-state index contributed by atoms with van der Waals surface area (Å²) in [5.41, 5.74) is 1.68. The van der Waals surface area contributed by atoms with Crippen molar-refractivity contribution in [3.8, 4) is 0 Å². The van der Waals surface area contributed by atoms with Gasteiger partial charge in [-0.1, -0.05) is 60.7 Å². The Hall–Kier alpha value is -4.24. The number of amides is 4. The van der Waals surface area contributed by atoms with Gasteiger partial charge in [0, 0.05) is 26.2 Å². The van der Waals surface area contributed by atoms with Crippen molar-refractivity contribution in [2.75, 3.05) is 79.0 Å². The summed E-state index contributed by atoms with van der Waals surface area (Å²) in [7, 11) is 0. The van der Waals surface area contributed by atoms with E-state index >= 15 is 0 Å². The zero-order chi connectivity index (χ0) is 34.4. The number of hydrogen-bond donors (Lipinski definition) is 2. The summed E-state index contributed by atoms with van der Waals surface area (Å²) in [5.74, 6) is -0.586. The van der Waals surface area contributed by atoms with Crippen molar-refractivity contribution in [2.45, 2.75) is 39.1 Å². The third-order valence-corrected chi connectivity index (χ3v) is 7.22. The number of nitrogens with zero attached hydrogens (tertiary/aromatic N) is 2. The van der Waals surface area contributed by atoms with Gasteiger partial charge in [-0.2, -0.15) is 0 Å². The Morgan fingerprint density at radius 2 is 0.875 bits per heavy atom. The van der Waals surface area contributed by atoms with Crippen molar-refractivity contribution in [1.29, 1.82) is 0 Å². The topological polar surface area (TPSA) is 154 Å². The fraction of sp³-hybridized carbons (Fsp3) is 0.529. The quantitative estimate of drug-likeness (QED) is 0.427. The summed E-state index contributed by atoms with van der Waals surface area (Å²) in [4.78, 5) is 54.0. The Morgan fingerprint density at radius 1 is 0.562 bits per heavy atom. The Kier molecular flexibility index (Phi) is 17.8. The van der Waals surface area contributed by atoms with Crippen LogP contribution in [0.1, 0.15) is 25.0 Å². The summed E-state index contributed by atoms with van der Waals surface area (Å²) in [6, 6.07) is 16.9. The molecule has 2 atom stereocenters. The van der Waals surface area contributed by atoms with Crippen LogP contribution in [0.4, 0.5) is 9.59 Å². The van der Waals surface area contributed by atoms with Crippen LogP contribution < -0.4 is 10.6 Å². The number of benzene rings is 2. The highest BCUT2D eigenvalue weighted by Crippen LogP contribution is 2.04. The molecule has 14 nitrogen and oxygen atoms in total. The van der Waals surface area contributed by atoms with E-state index in [0.717, 1.165) is 11.1 Å².